The van der Waals surface area contributed by atoms with Crippen LogP contribution in [0.25, 0.3) is 11.0 Å². The Labute approximate surface area is 108 Å². The topological polar surface area (TPSA) is 30.7 Å². The highest BCUT2D eigenvalue weighted by atomic mass is 35.5. The fourth-order valence-electron chi connectivity index (χ4n) is 2.27. The van der Waals surface area contributed by atoms with Crippen LogP contribution in [-0.2, 0) is 0 Å². The summed E-state index contributed by atoms with van der Waals surface area (Å²) < 4.78 is 14.3. The molecule has 6 heteroatoms. The van der Waals surface area contributed by atoms with Gasteiger partial charge in [0.1, 0.15) is 11.5 Å². The summed E-state index contributed by atoms with van der Waals surface area (Å²) in [6.45, 7) is 2.16. The van der Waals surface area contributed by atoms with Gasteiger partial charge in [-0.25, -0.2) is 13.9 Å². The van der Waals surface area contributed by atoms with E-state index in [0.717, 1.165) is 10.9 Å². The molecule has 3 nitrogen and oxygen atoms in total. The molecule has 3 rings (SSSR count). The molecule has 0 aromatic carbocycles. The predicted octanol–water partition coefficient (Wildman–Crippen LogP) is 3.98. The van der Waals surface area contributed by atoms with Crippen LogP contribution in [-0.4, -0.2) is 13.9 Å². The first-order chi connectivity index (χ1) is 8.22. The highest BCUT2D eigenvalue weighted by Crippen LogP contribution is 2.45. The van der Waals surface area contributed by atoms with Crippen LogP contribution in [0, 0.1) is 5.92 Å². The smallest absolute Gasteiger partial charge is 0.171 e. The third kappa shape index (κ3) is 1.81. The first-order valence-electron chi connectivity index (χ1n) is 5.53. The second-order valence-corrected chi connectivity index (χ2v) is 5.36. The van der Waals surface area contributed by atoms with Crippen molar-refractivity contribution in [1.29, 1.82) is 0 Å². The standard InChI is InChI=1S/C11H11ClFN3S/c1-6(7-2-3-7)8-4-16(17-13)11-9(8)10(12)14-5-15-11/h4-7H,2-3H2,1H3. The van der Waals surface area contributed by atoms with Crippen molar-refractivity contribution in [2.24, 2.45) is 5.92 Å². The summed E-state index contributed by atoms with van der Waals surface area (Å²) in [5.41, 5.74) is 1.61. The first kappa shape index (κ1) is 11.3. The molecule has 1 fully saturated rings. The summed E-state index contributed by atoms with van der Waals surface area (Å²) >= 11 is 6.25. The van der Waals surface area contributed by atoms with Gasteiger partial charge in [-0.15, -0.1) is 3.89 Å². The molecule has 1 unspecified atom stereocenters. The minimum absolute atomic E-state index is 0.145. The Morgan fingerprint density at radius 2 is 2.29 bits per heavy atom. The van der Waals surface area contributed by atoms with E-state index in [4.69, 9.17) is 11.6 Å². The van der Waals surface area contributed by atoms with Crippen molar-refractivity contribution in [2.75, 3.05) is 0 Å². The van der Waals surface area contributed by atoms with Crippen LogP contribution >= 0.6 is 23.9 Å². The summed E-state index contributed by atoms with van der Waals surface area (Å²) in [5.74, 6) is 1.07. The zero-order valence-corrected chi connectivity index (χ0v) is 10.8. The molecule has 17 heavy (non-hydrogen) atoms. The summed E-state index contributed by atoms with van der Waals surface area (Å²) in [5, 5.41) is 1.20. The average Bonchev–Trinajstić information content (AvgIpc) is 3.10. The lowest BCUT2D eigenvalue weighted by atomic mass is 9.97. The van der Waals surface area contributed by atoms with E-state index in [1.54, 1.807) is 6.20 Å². The van der Waals surface area contributed by atoms with Gasteiger partial charge in [0, 0.05) is 6.20 Å². The normalized spacial score (nSPS) is 17.6. The zero-order valence-electron chi connectivity index (χ0n) is 9.23. The van der Waals surface area contributed by atoms with E-state index in [9.17, 15) is 3.89 Å². The molecule has 0 N–H and O–H groups in total. The molecule has 90 valence electrons. The lowest BCUT2D eigenvalue weighted by Gasteiger charge is -2.08. The van der Waals surface area contributed by atoms with Crippen LogP contribution in [0.4, 0.5) is 3.89 Å². The minimum atomic E-state index is 0.145. The van der Waals surface area contributed by atoms with E-state index in [1.165, 1.54) is 23.1 Å². The summed E-state index contributed by atoms with van der Waals surface area (Å²) in [4.78, 5) is 8.09. The first-order valence-corrected chi connectivity index (χ1v) is 6.58. The van der Waals surface area contributed by atoms with Gasteiger partial charge in [0.2, 0.25) is 0 Å². The molecule has 0 aliphatic heterocycles. The lowest BCUT2D eigenvalue weighted by Crippen LogP contribution is -1.95. The van der Waals surface area contributed by atoms with Gasteiger partial charge < -0.3 is 0 Å². The molecule has 0 bridgehead atoms. The number of hydrogen-bond acceptors (Lipinski definition) is 3. The SMILES string of the molecule is CC(c1cn(SF)c2ncnc(Cl)c12)C1CC1. The fraction of sp³-hybridized carbons (Fsp3) is 0.455. The van der Waals surface area contributed by atoms with Crippen LogP contribution < -0.4 is 0 Å². The number of fused-ring (bicyclic) bond motifs is 1. The molecule has 2 heterocycles. The molecule has 0 spiro atoms. The van der Waals surface area contributed by atoms with Gasteiger partial charge in [-0.05, 0) is 30.2 Å². The maximum atomic E-state index is 12.9. The number of hydrogen-bond donors (Lipinski definition) is 0. The third-order valence-electron chi connectivity index (χ3n) is 3.43. The Bertz CT molecular complexity index is 567. The van der Waals surface area contributed by atoms with Crippen LogP contribution in [0.2, 0.25) is 5.15 Å². The third-order valence-corrected chi connectivity index (χ3v) is 4.14. The predicted molar refractivity (Wildman–Crippen MR) is 67.8 cm³/mol. The molecule has 2 aromatic heterocycles. The van der Waals surface area contributed by atoms with Crippen molar-refractivity contribution in [1.82, 2.24) is 13.9 Å². The number of halogens is 2. The van der Waals surface area contributed by atoms with Crippen molar-refractivity contribution in [3.63, 3.8) is 0 Å². The number of aromatic nitrogens is 3. The molecular formula is C11H11ClFN3S. The van der Waals surface area contributed by atoms with E-state index < -0.39 is 0 Å². The van der Waals surface area contributed by atoms with E-state index >= 15 is 0 Å². The average molecular weight is 272 g/mol. The van der Waals surface area contributed by atoms with Gasteiger partial charge in [-0.3, -0.25) is 0 Å². The molecule has 1 saturated carbocycles. The molecule has 0 radical (unpaired) electrons. The van der Waals surface area contributed by atoms with E-state index in [1.807, 2.05) is 0 Å². The van der Waals surface area contributed by atoms with Gasteiger partial charge in [0.25, 0.3) is 0 Å². The Kier molecular flexibility index (Phi) is 2.75. The molecular weight excluding hydrogens is 261 g/mol. The molecule has 1 aliphatic carbocycles. The maximum Gasteiger partial charge on any atom is 0.171 e. The van der Waals surface area contributed by atoms with Crippen LogP contribution in [0.1, 0.15) is 31.2 Å². The quantitative estimate of drug-likeness (QED) is 0.791. The monoisotopic (exact) mass is 271 g/mol. The molecule has 1 atom stereocenters. The van der Waals surface area contributed by atoms with E-state index in [0.29, 0.717) is 22.6 Å². The molecule has 0 amide bonds. The number of rotatable bonds is 3. The van der Waals surface area contributed by atoms with Gasteiger partial charge in [-0.1, -0.05) is 18.5 Å². The second kappa shape index (κ2) is 4.14. The largest absolute Gasteiger partial charge is 0.247 e. The highest BCUT2D eigenvalue weighted by Gasteiger charge is 2.31. The van der Waals surface area contributed by atoms with E-state index in [2.05, 4.69) is 16.9 Å². The summed E-state index contributed by atoms with van der Waals surface area (Å²) in [6.07, 6.45) is 5.63. The summed E-state index contributed by atoms with van der Waals surface area (Å²) in [7, 11) is 0. The Hall–Kier alpha value is -0.810. The van der Waals surface area contributed by atoms with Crippen LogP contribution in [0.15, 0.2) is 12.5 Å². The minimum Gasteiger partial charge on any atom is -0.247 e. The van der Waals surface area contributed by atoms with E-state index in [-0.39, 0.29) is 12.3 Å². The Balaban J connectivity index is 2.22. The van der Waals surface area contributed by atoms with Crippen molar-refractivity contribution in [3.8, 4) is 0 Å². The number of nitrogens with zero attached hydrogens (tertiary/aromatic N) is 3. The van der Waals surface area contributed by atoms with Gasteiger partial charge in [-0.2, -0.15) is 0 Å². The van der Waals surface area contributed by atoms with Gasteiger partial charge >= 0.3 is 0 Å². The zero-order chi connectivity index (χ0) is 12.0. The van der Waals surface area contributed by atoms with Crippen molar-refractivity contribution < 1.29 is 3.89 Å². The molecule has 2 aromatic rings. The van der Waals surface area contributed by atoms with Gasteiger partial charge in [0.05, 0.1) is 5.39 Å². The fourth-order valence-corrected chi connectivity index (χ4v) is 2.87. The summed E-state index contributed by atoms with van der Waals surface area (Å²) in [6, 6.07) is 0. The second-order valence-electron chi connectivity index (χ2n) is 4.47. The van der Waals surface area contributed by atoms with Crippen molar-refractivity contribution in [2.45, 2.75) is 25.7 Å². The Morgan fingerprint density at radius 3 is 2.94 bits per heavy atom. The maximum absolute atomic E-state index is 12.9. The lowest BCUT2D eigenvalue weighted by molar-refractivity contribution is 0.668. The van der Waals surface area contributed by atoms with Gasteiger partial charge in [0.15, 0.2) is 18.0 Å². The molecule has 0 saturated heterocycles. The van der Waals surface area contributed by atoms with Crippen LogP contribution in [0.3, 0.4) is 0 Å². The van der Waals surface area contributed by atoms with Crippen LogP contribution in [0.5, 0.6) is 0 Å². The molecule has 1 aliphatic rings. The highest BCUT2D eigenvalue weighted by molar-refractivity contribution is 7.92. The van der Waals surface area contributed by atoms with Crippen molar-refractivity contribution >= 4 is 35.0 Å². The Morgan fingerprint density at radius 1 is 1.53 bits per heavy atom. The van der Waals surface area contributed by atoms with Crippen molar-refractivity contribution in [3.05, 3.63) is 23.2 Å².